The van der Waals surface area contributed by atoms with E-state index >= 15 is 0 Å². The second-order valence-corrected chi connectivity index (χ2v) is 9.08. The molecule has 5 rings (SSSR count). The minimum Gasteiger partial charge on any atom is -0.493 e. The number of nitrogens with zero attached hydrogens (tertiary/aromatic N) is 4. The lowest BCUT2D eigenvalue weighted by atomic mass is 9.92. The minimum atomic E-state index is -0.315. The van der Waals surface area contributed by atoms with Crippen LogP contribution in [-0.4, -0.2) is 41.6 Å². The molecule has 0 spiro atoms. The number of ether oxygens (including phenoxy) is 1. The van der Waals surface area contributed by atoms with Crippen molar-refractivity contribution in [2.45, 2.75) is 12.3 Å². The van der Waals surface area contributed by atoms with E-state index in [2.05, 4.69) is 20.3 Å². The van der Waals surface area contributed by atoms with Gasteiger partial charge in [0.15, 0.2) is 0 Å². The van der Waals surface area contributed by atoms with Gasteiger partial charge in [-0.25, -0.2) is 15.0 Å². The van der Waals surface area contributed by atoms with Gasteiger partial charge in [-0.3, -0.25) is 4.79 Å². The monoisotopic (exact) mass is 493 g/mol. The molecule has 9 heteroatoms. The van der Waals surface area contributed by atoms with E-state index in [1.54, 1.807) is 24.4 Å². The number of amides is 1. The molecule has 7 nitrogen and oxygen atoms in total. The van der Waals surface area contributed by atoms with E-state index in [1.165, 1.54) is 6.33 Å². The summed E-state index contributed by atoms with van der Waals surface area (Å²) in [7, 11) is 3.79. The number of anilines is 2. The number of pyridine rings is 1. The van der Waals surface area contributed by atoms with Crippen LogP contribution in [0.25, 0.3) is 22.3 Å². The highest BCUT2D eigenvalue weighted by Crippen LogP contribution is 2.38. The highest BCUT2D eigenvalue weighted by molar-refractivity contribution is 6.35. The molecule has 0 saturated heterocycles. The van der Waals surface area contributed by atoms with Crippen LogP contribution >= 0.6 is 23.2 Å². The van der Waals surface area contributed by atoms with E-state index in [0.717, 1.165) is 22.6 Å². The second kappa shape index (κ2) is 9.08. The fourth-order valence-electron chi connectivity index (χ4n) is 4.27. The molecule has 3 heterocycles. The molecule has 0 fully saturated rings. The maximum Gasteiger partial charge on any atom is 0.232 e. The highest BCUT2D eigenvalue weighted by Gasteiger charge is 2.28. The lowest BCUT2D eigenvalue weighted by Gasteiger charge is -2.26. The largest absolute Gasteiger partial charge is 0.493 e. The summed E-state index contributed by atoms with van der Waals surface area (Å²) in [5, 5.41) is 4.08. The van der Waals surface area contributed by atoms with Gasteiger partial charge in [0.2, 0.25) is 5.91 Å². The van der Waals surface area contributed by atoms with E-state index < -0.39 is 0 Å². The van der Waals surface area contributed by atoms with Gasteiger partial charge in [-0.15, -0.1) is 0 Å². The first-order valence-electron chi connectivity index (χ1n) is 10.7. The van der Waals surface area contributed by atoms with Crippen molar-refractivity contribution in [1.29, 1.82) is 0 Å². The summed E-state index contributed by atoms with van der Waals surface area (Å²) in [6, 6.07) is 12.9. The van der Waals surface area contributed by atoms with Gasteiger partial charge in [-0.2, -0.15) is 0 Å². The number of nitrogens with one attached hydrogen (secondary N) is 1. The second-order valence-electron chi connectivity index (χ2n) is 8.21. The topological polar surface area (TPSA) is 80.2 Å². The van der Waals surface area contributed by atoms with Gasteiger partial charge in [0.05, 0.1) is 30.1 Å². The molecule has 0 radical (unpaired) electrons. The number of rotatable bonds is 4. The smallest absolute Gasteiger partial charge is 0.232 e. The first kappa shape index (κ1) is 22.4. The van der Waals surface area contributed by atoms with Gasteiger partial charge in [0, 0.05) is 35.3 Å². The lowest BCUT2D eigenvalue weighted by Crippen LogP contribution is -2.27. The zero-order chi connectivity index (χ0) is 23.8. The van der Waals surface area contributed by atoms with Crippen LogP contribution in [0.15, 0.2) is 55.0 Å². The van der Waals surface area contributed by atoms with Gasteiger partial charge >= 0.3 is 0 Å². The standard InChI is InChI=1S/C25H21Cl2N5O2/c1-32(2)24-19(31-25(33)18-7-8-34-20-6-4-3-5-17(18)20)12-28-22-21(29-13-30-23(22)24)14-9-15(26)11-16(27)10-14/h3-6,9-13,18H,7-8H2,1-2H3,(H,31,33). The first-order valence-corrected chi connectivity index (χ1v) is 11.5. The maximum absolute atomic E-state index is 13.3. The van der Waals surface area contributed by atoms with E-state index in [1.807, 2.05) is 43.3 Å². The Morgan fingerprint density at radius 2 is 1.82 bits per heavy atom. The Kier molecular flexibility index (Phi) is 5.98. The van der Waals surface area contributed by atoms with Crippen molar-refractivity contribution in [3.63, 3.8) is 0 Å². The summed E-state index contributed by atoms with van der Waals surface area (Å²) < 4.78 is 5.71. The van der Waals surface area contributed by atoms with Gasteiger partial charge in [0.25, 0.3) is 0 Å². The van der Waals surface area contributed by atoms with Crippen LogP contribution in [0.3, 0.4) is 0 Å². The van der Waals surface area contributed by atoms with Crippen LogP contribution in [0.2, 0.25) is 10.0 Å². The third kappa shape index (κ3) is 4.13. The number of carbonyl (C=O) groups excluding carboxylic acids is 1. The van der Waals surface area contributed by atoms with E-state index in [0.29, 0.717) is 45.5 Å². The van der Waals surface area contributed by atoms with Crippen LogP contribution in [-0.2, 0) is 4.79 Å². The van der Waals surface area contributed by atoms with Crippen molar-refractivity contribution < 1.29 is 9.53 Å². The van der Waals surface area contributed by atoms with Crippen LogP contribution in [0, 0.1) is 0 Å². The van der Waals surface area contributed by atoms with E-state index in [-0.39, 0.29) is 11.8 Å². The number of carbonyl (C=O) groups is 1. The van der Waals surface area contributed by atoms with Gasteiger partial charge in [-0.05, 0) is 30.7 Å². The normalized spacial score (nSPS) is 14.9. The summed E-state index contributed by atoms with van der Waals surface area (Å²) in [4.78, 5) is 28.8. The number of hydrogen-bond acceptors (Lipinski definition) is 6. The van der Waals surface area contributed by atoms with Crippen LogP contribution in [0.4, 0.5) is 11.4 Å². The number of hydrogen-bond donors (Lipinski definition) is 1. The molecule has 34 heavy (non-hydrogen) atoms. The molecule has 1 amide bonds. The van der Waals surface area contributed by atoms with Gasteiger partial charge in [-0.1, -0.05) is 41.4 Å². The number of para-hydroxylation sites is 1. The molecule has 0 saturated carbocycles. The molecule has 2 aromatic carbocycles. The zero-order valence-corrected chi connectivity index (χ0v) is 20.1. The Labute approximate surface area is 206 Å². The van der Waals surface area contributed by atoms with E-state index in [4.69, 9.17) is 27.9 Å². The minimum absolute atomic E-state index is 0.115. The van der Waals surface area contributed by atoms with Gasteiger partial charge < -0.3 is 15.0 Å². The quantitative estimate of drug-likeness (QED) is 0.400. The average Bonchev–Trinajstić information content (AvgIpc) is 2.82. The van der Waals surface area contributed by atoms with Crippen molar-refractivity contribution in [3.05, 3.63) is 70.6 Å². The summed E-state index contributed by atoms with van der Waals surface area (Å²) in [5.74, 6) is 0.317. The number of halogens is 2. The molecule has 0 bridgehead atoms. The number of aromatic nitrogens is 3. The predicted molar refractivity (Wildman–Crippen MR) is 135 cm³/mol. The van der Waals surface area contributed by atoms with Crippen molar-refractivity contribution >= 4 is 51.5 Å². The van der Waals surface area contributed by atoms with Crippen LogP contribution in [0.5, 0.6) is 5.75 Å². The molecule has 1 aliphatic rings. The van der Waals surface area contributed by atoms with E-state index in [9.17, 15) is 4.79 Å². The Bertz CT molecular complexity index is 1390. The Hall–Kier alpha value is -3.42. The van der Waals surface area contributed by atoms with Crippen molar-refractivity contribution in [1.82, 2.24) is 15.0 Å². The summed E-state index contributed by atoms with van der Waals surface area (Å²) in [5.41, 5.74) is 4.71. The number of benzene rings is 2. The Balaban J connectivity index is 1.57. The summed E-state index contributed by atoms with van der Waals surface area (Å²) >= 11 is 12.4. The molecule has 4 aromatic rings. The molecule has 1 unspecified atom stereocenters. The Morgan fingerprint density at radius 3 is 2.59 bits per heavy atom. The molecular weight excluding hydrogens is 473 g/mol. The lowest BCUT2D eigenvalue weighted by molar-refractivity contribution is -0.118. The van der Waals surface area contributed by atoms with Crippen LogP contribution in [0.1, 0.15) is 17.9 Å². The molecule has 0 aliphatic carbocycles. The summed E-state index contributed by atoms with van der Waals surface area (Å²) in [6.45, 7) is 0.490. The molecular formula is C25H21Cl2N5O2. The fourth-order valence-corrected chi connectivity index (χ4v) is 4.80. The summed E-state index contributed by atoms with van der Waals surface area (Å²) in [6.07, 6.45) is 3.71. The SMILES string of the molecule is CN(C)c1c(NC(=O)C2CCOc3ccccc32)cnc2c(-c3cc(Cl)cc(Cl)c3)ncnc12. The predicted octanol–water partition coefficient (Wildman–Crippen LogP) is 5.57. The number of fused-ring (bicyclic) bond motifs is 2. The molecule has 1 aliphatic heterocycles. The fraction of sp³-hybridized carbons (Fsp3) is 0.200. The first-order chi connectivity index (χ1) is 16.4. The maximum atomic E-state index is 13.3. The average molecular weight is 494 g/mol. The van der Waals surface area contributed by atoms with Crippen molar-refractivity contribution in [2.24, 2.45) is 0 Å². The van der Waals surface area contributed by atoms with Crippen LogP contribution < -0.4 is 15.0 Å². The zero-order valence-electron chi connectivity index (χ0n) is 18.5. The molecule has 2 aromatic heterocycles. The van der Waals surface area contributed by atoms with Crippen molar-refractivity contribution in [2.75, 3.05) is 30.9 Å². The highest BCUT2D eigenvalue weighted by atomic mass is 35.5. The molecule has 172 valence electrons. The molecule has 1 N–H and O–H groups in total. The Morgan fingerprint density at radius 1 is 1.06 bits per heavy atom. The van der Waals surface area contributed by atoms with Crippen molar-refractivity contribution in [3.8, 4) is 17.0 Å². The third-order valence-corrected chi connectivity index (χ3v) is 6.18. The third-order valence-electron chi connectivity index (χ3n) is 5.74. The van der Waals surface area contributed by atoms with Gasteiger partial charge in [0.1, 0.15) is 28.8 Å². The molecule has 1 atom stereocenters.